The Balaban J connectivity index is 0.000000176. The number of pyridine rings is 2. The van der Waals surface area contributed by atoms with Crippen molar-refractivity contribution >= 4 is 11.4 Å². The fourth-order valence-corrected chi connectivity index (χ4v) is 3.19. The van der Waals surface area contributed by atoms with Crippen molar-refractivity contribution in [2.45, 2.75) is 0 Å². The number of nitrogens with zero attached hydrogens (tertiary/aromatic N) is 6. The van der Waals surface area contributed by atoms with Gasteiger partial charge in [0.1, 0.15) is 12.1 Å². The Morgan fingerprint density at radius 2 is 1.35 bits per heavy atom. The summed E-state index contributed by atoms with van der Waals surface area (Å²) >= 11 is 0. The van der Waals surface area contributed by atoms with Crippen LogP contribution < -0.4 is 14.5 Å². The molecule has 0 unspecified atom stereocenters. The Morgan fingerprint density at radius 3 is 1.81 bits per heavy atom. The molecule has 31 heavy (non-hydrogen) atoms. The average Bonchev–Trinajstić information content (AvgIpc) is 2.85. The molecule has 0 aliphatic carbocycles. The number of nitriles is 2. The Hall–Kier alpha value is -3.60. The van der Waals surface area contributed by atoms with E-state index >= 15 is 0 Å². The molecule has 2 aliphatic heterocycles. The zero-order chi connectivity index (χ0) is 22.1. The van der Waals surface area contributed by atoms with Crippen molar-refractivity contribution < 1.29 is 19.3 Å². The highest BCUT2D eigenvalue weighted by atomic mass is 16.5. The van der Waals surface area contributed by atoms with E-state index < -0.39 is 0 Å². The lowest BCUT2D eigenvalue weighted by molar-refractivity contribution is 0.122. The Morgan fingerprint density at radius 1 is 0.871 bits per heavy atom. The van der Waals surface area contributed by atoms with Crippen LogP contribution in [0.5, 0.6) is 11.5 Å². The van der Waals surface area contributed by atoms with Crippen molar-refractivity contribution in [3.05, 3.63) is 35.9 Å². The van der Waals surface area contributed by atoms with Gasteiger partial charge in [0.05, 0.1) is 57.3 Å². The first-order valence-corrected chi connectivity index (χ1v) is 9.85. The van der Waals surface area contributed by atoms with Crippen LogP contribution in [-0.2, 0) is 9.47 Å². The van der Waals surface area contributed by atoms with Crippen LogP contribution in [0, 0.1) is 22.7 Å². The summed E-state index contributed by atoms with van der Waals surface area (Å²) in [5.41, 5.74) is 2.18. The molecule has 2 aliphatic rings. The summed E-state index contributed by atoms with van der Waals surface area (Å²) in [5.74, 6) is 0.452. The van der Waals surface area contributed by atoms with E-state index in [1.165, 1.54) is 0 Å². The summed E-state index contributed by atoms with van der Waals surface area (Å²) in [7, 11) is 1.54. The molecule has 2 aromatic rings. The predicted octanol–water partition coefficient (Wildman–Crippen LogP) is 1.29. The third-order valence-electron chi connectivity index (χ3n) is 4.88. The summed E-state index contributed by atoms with van der Waals surface area (Å²) in [6.07, 6.45) is 3.30. The largest absolute Gasteiger partial charge is 0.505 e. The molecule has 0 amide bonds. The molecular formula is C21H24N6O4. The fraction of sp³-hybridized carbons (Fsp3) is 0.429. The van der Waals surface area contributed by atoms with Gasteiger partial charge in [-0.2, -0.15) is 10.5 Å². The topological polar surface area (TPSA) is 128 Å². The Labute approximate surface area is 180 Å². The SMILES string of the molecule is COc1cc(N2CCOCC2)cnc1C#N.N#Cc1ncc(N2CCOCC2)cc1O. The third kappa shape index (κ3) is 5.72. The van der Waals surface area contributed by atoms with Crippen molar-refractivity contribution in [3.8, 4) is 23.6 Å². The maximum atomic E-state index is 9.48. The summed E-state index contributed by atoms with van der Waals surface area (Å²) in [5, 5.41) is 26.9. The number of ether oxygens (including phenoxy) is 3. The van der Waals surface area contributed by atoms with E-state index in [0.29, 0.717) is 24.7 Å². The van der Waals surface area contributed by atoms with Crippen molar-refractivity contribution in [2.75, 3.05) is 69.5 Å². The molecule has 2 aromatic heterocycles. The maximum Gasteiger partial charge on any atom is 0.182 e. The highest BCUT2D eigenvalue weighted by Gasteiger charge is 2.15. The van der Waals surface area contributed by atoms with Crippen molar-refractivity contribution in [3.63, 3.8) is 0 Å². The Kier molecular flexibility index (Phi) is 7.82. The molecule has 4 rings (SSSR count). The van der Waals surface area contributed by atoms with Crippen LogP contribution in [0.4, 0.5) is 11.4 Å². The molecule has 2 saturated heterocycles. The van der Waals surface area contributed by atoms with E-state index in [9.17, 15) is 5.11 Å². The van der Waals surface area contributed by atoms with Crippen molar-refractivity contribution in [1.82, 2.24) is 9.97 Å². The van der Waals surface area contributed by atoms with Gasteiger partial charge >= 0.3 is 0 Å². The van der Waals surface area contributed by atoms with Crippen LogP contribution in [0.15, 0.2) is 24.5 Å². The number of rotatable bonds is 3. The maximum absolute atomic E-state index is 9.48. The standard InChI is InChI=1S/C11H13N3O2.C10H11N3O2/c1-15-11-6-9(8-13-10(11)7-12)14-2-4-16-5-3-14;11-6-9-10(14)5-8(7-12-9)13-1-3-15-4-2-13/h6,8H,2-5H2,1H3;5,7,14H,1-4H2. The fourth-order valence-electron chi connectivity index (χ4n) is 3.19. The summed E-state index contributed by atoms with van der Waals surface area (Å²) in [6, 6.07) is 7.23. The minimum atomic E-state index is -0.0681. The van der Waals surface area contributed by atoms with Crippen molar-refractivity contribution in [1.29, 1.82) is 10.5 Å². The molecule has 0 radical (unpaired) electrons. The van der Waals surface area contributed by atoms with Gasteiger partial charge in [0.15, 0.2) is 22.9 Å². The predicted molar refractivity (Wildman–Crippen MR) is 112 cm³/mol. The monoisotopic (exact) mass is 424 g/mol. The van der Waals surface area contributed by atoms with E-state index in [1.807, 2.05) is 18.2 Å². The summed E-state index contributed by atoms with van der Waals surface area (Å²) in [6.45, 7) is 6.07. The lowest BCUT2D eigenvalue weighted by Crippen LogP contribution is -2.36. The summed E-state index contributed by atoms with van der Waals surface area (Å²) < 4.78 is 15.6. The third-order valence-corrected chi connectivity index (χ3v) is 4.88. The zero-order valence-electron chi connectivity index (χ0n) is 17.3. The summed E-state index contributed by atoms with van der Waals surface area (Å²) in [4.78, 5) is 12.2. The normalized spacial score (nSPS) is 15.8. The van der Waals surface area contributed by atoms with E-state index in [0.717, 1.165) is 50.8 Å². The molecule has 1 N–H and O–H groups in total. The lowest BCUT2D eigenvalue weighted by atomic mass is 10.3. The number of hydrogen-bond acceptors (Lipinski definition) is 10. The van der Waals surface area contributed by atoms with Gasteiger partial charge in [-0.15, -0.1) is 0 Å². The van der Waals surface area contributed by atoms with Gasteiger partial charge in [-0.1, -0.05) is 0 Å². The first-order chi connectivity index (χ1) is 15.2. The van der Waals surface area contributed by atoms with Gasteiger partial charge in [-0.3, -0.25) is 0 Å². The molecule has 0 saturated carbocycles. The van der Waals surface area contributed by atoms with E-state index in [1.54, 1.807) is 25.6 Å². The second-order valence-corrected chi connectivity index (χ2v) is 6.73. The number of methoxy groups -OCH3 is 1. The first-order valence-electron chi connectivity index (χ1n) is 9.85. The highest BCUT2D eigenvalue weighted by molar-refractivity contribution is 5.53. The Bertz CT molecular complexity index is 959. The average molecular weight is 424 g/mol. The van der Waals surface area contributed by atoms with Gasteiger partial charge < -0.3 is 29.1 Å². The number of anilines is 2. The molecular weight excluding hydrogens is 400 g/mol. The number of hydrogen-bond donors (Lipinski definition) is 1. The van der Waals surface area contributed by atoms with E-state index in [4.69, 9.17) is 24.7 Å². The second-order valence-electron chi connectivity index (χ2n) is 6.73. The van der Waals surface area contributed by atoms with Crippen LogP contribution in [0.1, 0.15) is 11.4 Å². The minimum Gasteiger partial charge on any atom is -0.505 e. The smallest absolute Gasteiger partial charge is 0.182 e. The molecule has 10 heteroatoms. The molecule has 2 fully saturated rings. The minimum absolute atomic E-state index is 0.0620. The van der Waals surface area contributed by atoms with Gasteiger partial charge in [0.25, 0.3) is 0 Å². The number of aromatic nitrogens is 2. The quantitative estimate of drug-likeness (QED) is 0.770. The highest BCUT2D eigenvalue weighted by Crippen LogP contribution is 2.24. The van der Waals surface area contributed by atoms with Crippen LogP contribution in [0.25, 0.3) is 0 Å². The van der Waals surface area contributed by atoms with E-state index in [2.05, 4.69) is 19.8 Å². The molecule has 0 bridgehead atoms. The van der Waals surface area contributed by atoms with Crippen molar-refractivity contribution in [2.24, 2.45) is 0 Å². The number of morpholine rings is 2. The van der Waals surface area contributed by atoms with Gasteiger partial charge in [0.2, 0.25) is 0 Å². The van der Waals surface area contributed by atoms with E-state index in [-0.39, 0.29) is 11.4 Å². The van der Waals surface area contributed by atoms with Gasteiger partial charge in [-0.25, -0.2) is 9.97 Å². The van der Waals surface area contributed by atoms with Crippen LogP contribution in [-0.4, -0.2) is 74.8 Å². The lowest BCUT2D eigenvalue weighted by Gasteiger charge is -2.28. The van der Waals surface area contributed by atoms with Crippen LogP contribution >= 0.6 is 0 Å². The molecule has 0 atom stereocenters. The number of aromatic hydroxyl groups is 1. The zero-order valence-corrected chi connectivity index (χ0v) is 17.3. The molecule has 162 valence electrons. The molecule has 0 aromatic carbocycles. The van der Waals surface area contributed by atoms with Gasteiger partial charge in [0, 0.05) is 38.3 Å². The van der Waals surface area contributed by atoms with Crippen LogP contribution in [0.3, 0.4) is 0 Å². The molecule has 10 nitrogen and oxygen atoms in total. The first kappa shape index (κ1) is 22.1. The molecule has 4 heterocycles. The van der Waals surface area contributed by atoms with Gasteiger partial charge in [-0.05, 0) is 0 Å². The van der Waals surface area contributed by atoms with Crippen LogP contribution in [0.2, 0.25) is 0 Å². The molecule has 0 spiro atoms. The second kappa shape index (κ2) is 11.0.